The zero-order chi connectivity index (χ0) is 20.1. The summed E-state index contributed by atoms with van der Waals surface area (Å²) in [4.78, 5) is 16.8. The molecule has 0 atom stereocenters. The smallest absolute Gasteiger partial charge is 0.224 e. The maximum atomic E-state index is 12.4. The number of aromatic nitrogens is 3. The highest BCUT2D eigenvalue weighted by molar-refractivity contribution is 5.91. The lowest BCUT2D eigenvalue weighted by Crippen LogP contribution is -2.13. The van der Waals surface area contributed by atoms with Gasteiger partial charge in [0, 0.05) is 17.7 Å². The summed E-state index contributed by atoms with van der Waals surface area (Å²) in [6.07, 6.45) is 6.21. The van der Waals surface area contributed by atoms with Crippen LogP contribution in [-0.2, 0) is 11.2 Å². The maximum Gasteiger partial charge on any atom is 0.224 e. The number of hydrogen-bond acceptors (Lipinski definition) is 4. The minimum Gasteiger partial charge on any atom is -0.490 e. The van der Waals surface area contributed by atoms with Crippen LogP contribution in [0.25, 0.3) is 11.4 Å². The molecule has 6 heteroatoms. The Bertz CT molecular complexity index is 976. The molecule has 1 heterocycles. The molecule has 1 fully saturated rings. The second kappa shape index (κ2) is 8.90. The van der Waals surface area contributed by atoms with Gasteiger partial charge in [-0.25, -0.2) is 4.98 Å². The maximum absolute atomic E-state index is 12.4. The highest BCUT2D eigenvalue weighted by atomic mass is 16.5. The van der Waals surface area contributed by atoms with Crippen LogP contribution in [0.4, 0.5) is 5.69 Å². The molecule has 3 aromatic rings. The van der Waals surface area contributed by atoms with Crippen LogP contribution in [0, 0.1) is 6.92 Å². The van der Waals surface area contributed by atoms with Crippen LogP contribution in [0.3, 0.4) is 0 Å². The van der Waals surface area contributed by atoms with Gasteiger partial charge >= 0.3 is 0 Å². The average molecular weight is 390 g/mol. The number of benzene rings is 2. The Morgan fingerprint density at radius 1 is 1.17 bits per heavy atom. The zero-order valence-corrected chi connectivity index (χ0v) is 16.6. The van der Waals surface area contributed by atoms with Gasteiger partial charge in [-0.1, -0.05) is 24.3 Å². The quantitative estimate of drug-likeness (QED) is 0.614. The van der Waals surface area contributed by atoms with Crippen molar-refractivity contribution in [3.63, 3.8) is 0 Å². The molecule has 2 aromatic carbocycles. The Hall–Kier alpha value is -3.15. The Morgan fingerprint density at radius 3 is 2.79 bits per heavy atom. The minimum atomic E-state index is -0.0181. The zero-order valence-electron chi connectivity index (χ0n) is 16.6. The molecule has 1 aliphatic carbocycles. The summed E-state index contributed by atoms with van der Waals surface area (Å²) >= 11 is 0. The van der Waals surface area contributed by atoms with E-state index in [1.165, 1.54) is 12.8 Å². The van der Waals surface area contributed by atoms with Gasteiger partial charge in [-0.15, -0.1) is 0 Å². The van der Waals surface area contributed by atoms with E-state index in [4.69, 9.17) is 4.74 Å². The summed E-state index contributed by atoms with van der Waals surface area (Å²) in [5, 5.41) is 9.97. The van der Waals surface area contributed by atoms with Gasteiger partial charge in [0.15, 0.2) is 5.82 Å². The number of aryl methyl sites for hydroxylation is 2. The largest absolute Gasteiger partial charge is 0.490 e. The van der Waals surface area contributed by atoms with Gasteiger partial charge in [0.25, 0.3) is 0 Å². The van der Waals surface area contributed by atoms with E-state index in [0.29, 0.717) is 24.8 Å². The minimum absolute atomic E-state index is 0.0181. The number of nitrogens with one attached hydrogen (secondary N) is 2. The van der Waals surface area contributed by atoms with Gasteiger partial charge in [-0.2, -0.15) is 5.10 Å². The molecule has 1 aliphatic rings. The van der Waals surface area contributed by atoms with Crippen molar-refractivity contribution < 1.29 is 9.53 Å². The van der Waals surface area contributed by atoms with E-state index < -0.39 is 0 Å². The molecule has 1 amide bonds. The van der Waals surface area contributed by atoms with E-state index in [1.54, 1.807) is 0 Å². The lowest BCUT2D eigenvalue weighted by atomic mass is 10.1. The number of anilines is 1. The number of amides is 1. The van der Waals surface area contributed by atoms with Crippen LogP contribution in [0.2, 0.25) is 0 Å². The molecule has 0 spiro atoms. The number of aromatic amines is 1. The highest BCUT2D eigenvalue weighted by Gasteiger charge is 2.16. The molecule has 0 saturated heterocycles. The second-order valence-corrected chi connectivity index (χ2v) is 7.55. The first kappa shape index (κ1) is 19.2. The monoisotopic (exact) mass is 390 g/mol. The van der Waals surface area contributed by atoms with Crippen LogP contribution >= 0.6 is 0 Å². The first-order chi connectivity index (χ1) is 14.2. The van der Waals surface area contributed by atoms with Crippen molar-refractivity contribution in [3.05, 3.63) is 59.9 Å². The number of carbonyl (C=O) groups is 1. The molecule has 29 heavy (non-hydrogen) atoms. The van der Waals surface area contributed by atoms with Crippen LogP contribution in [-0.4, -0.2) is 27.2 Å². The average Bonchev–Trinajstić information content (AvgIpc) is 3.39. The molecule has 0 radical (unpaired) electrons. The Morgan fingerprint density at radius 2 is 2.00 bits per heavy atom. The predicted molar refractivity (Wildman–Crippen MR) is 113 cm³/mol. The van der Waals surface area contributed by atoms with Gasteiger partial charge in [-0.3, -0.25) is 9.89 Å². The second-order valence-electron chi connectivity index (χ2n) is 7.55. The van der Waals surface area contributed by atoms with Crippen LogP contribution in [0.1, 0.15) is 43.5 Å². The lowest BCUT2D eigenvalue weighted by molar-refractivity contribution is -0.116. The van der Waals surface area contributed by atoms with Gasteiger partial charge < -0.3 is 10.1 Å². The third-order valence-electron chi connectivity index (χ3n) is 5.15. The van der Waals surface area contributed by atoms with Crippen molar-refractivity contribution in [3.8, 4) is 17.1 Å². The van der Waals surface area contributed by atoms with E-state index in [-0.39, 0.29) is 5.91 Å². The van der Waals surface area contributed by atoms with Gasteiger partial charge in [0.05, 0.1) is 6.10 Å². The van der Waals surface area contributed by atoms with E-state index in [0.717, 1.165) is 41.2 Å². The first-order valence-corrected chi connectivity index (χ1v) is 10.2. The van der Waals surface area contributed by atoms with Gasteiger partial charge in [0.1, 0.15) is 11.6 Å². The molecule has 2 N–H and O–H groups in total. The third kappa shape index (κ3) is 5.22. The van der Waals surface area contributed by atoms with Crippen LogP contribution in [0.5, 0.6) is 5.75 Å². The summed E-state index contributed by atoms with van der Waals surface area (Å²) in [7, 11) is 0. The SMILES string of the molecule is Cc1nc(-c2cccc(NC(=O)CCc3cccc(OC4CCCC4)c3)c2)n[nH]1. The Balaban J connectivity index is 1.32. The van der Waals surface area contributed by atoms with E-state index in [1.807, 2.05) is 49.4 Å². The molecule has 4 rings (SSSR count). The lowest BCUT2D eigenvalue weighted by Gasteiger charge is -2.14. The molecule has 6 nitrogen and oxygen atoms in total. The van der Waals surface area contributed by atoms with E-state index in [2.05, 4.69) is 26.6 Å². The van der Waals surface area contributed by atoms with Crippen molar-refractivity contribution in [1.82, 2.24) is 15.2 Å². The number of nitrogens with zero attached hydrogens (tertiary/aromatic N) is 2. The molecular weight excluding hydrogens is 364 g/mol. The van der Waals surface area contributed by atoms with Crippen molar-refractivity contribution in [1.29, 1.82) is 0 Å². The number of carbonyl (C=O) groups excluding carboxylic acids is 1. The third-order valence-corrected chi connectivity index (χ3v) is 5.15. The van der Waals surface area contributed by atoms with Crippen LogP contribution < -0.4 is 10.1 Å². The fraction of sp³-hybridized carbons (Fsp3) is 0.348. The van der Waals surface area contributed by atoms with Crippen LogP contribution in [0.15, 0.2) is 48.5 Å². The number of ether oxygens (including phenoxy) is 1. The molecule has 1 saturated carbocycles. The normalized spacial score (nSPS) is 14.1. The summed E-state index contributed by atoms with van der Waals surface area (Å²) < 4.78 is 6.06. The summed E-state index contributed by atoms with van der Waals surface area (Å²) in [5.41, 5.74) is 2.72. The van der Waals surface area contributed by atoms with Gasteiger partial charge in [0.2, 0.25) is 5.91 Å². The first-order valence-electron chi connectivity index (χ1n) is 10.2. The molecule has 0 aliphatic heterocycles. The summed E-state index contributed by atoms with van der Waals surface area (Å²) in [5.74, 6) is 2.27. The number of H-pyrrole nitrogens is 1. The standard InChI is InChI=1S/C23H26N4O2/c1-16-24-23(27-26-16)18-7-5-8-19(15-18)25-22(28)13-12-17-6-4-11-21(14-17)29-20-9-2-3-10-20/h4-8,11,14-15,20H,2-3,9-10,12-13H2,1H3,(H,25,28)(H,24,26,27). The topological polar surface area (TPSA) is 79.9 Å². The highest BCUT2D eigenvalue weighted by Crippen LogP contribution is 2.25. The molecular formula is C23H26N4O2. The summed E-state index contributed by atoms with van der Waals surface area (Å²) in [6, 6.07) is 15.7. The Labute approximate surface area is 170 Å². The predicted octanol–water partition coefficient (Wildman–Crippen LogP) is 4.67. The summed E-state index contributed by atoms with van der Waals surface area (Å²) in [6.45, 7) is 1.86. The van der Waals surface area contributed by atoms with Crippen molar-refractivity contribution in [2.45, 2.75) is 51.6 Å². The van der Waals surface area contributed by atoms with E-state index in [9.17, 15) is 4.79 Å². The number of hydrogen-bond donors (Lipinski definition) is 2. The van der Waals surface area contributed by atoms with Crippen molar-refractivity contribution in [2.24, 2.45) is 0 Å². The molecule has 1 aromatic heterocycles. The van der Waals surface area contributed by atoms with Gasteiger partial charge in [-0.05, 0) is 68.9 Å². The van der Waals surface area contributed by atoms with E-state index >= 15 is 0 Å². The van der Waals surface area contributed by atoms with Crippen molar-refractivity contribution >= 4 is 11.6 Å². The number of rotatable bonds is 7. The fourth-order valence-corrected chi connectivity index (χ4v) is 3.66. The molecule has 150 valence electrons. The molecule has 0 bridgehead atoms. The molecule has 0 unspecified atom stereocenters. The Kier molecular flexibility index (Phi) is 5.89. The fourth-order valence-electron chi connectivity index (χ4n) is 3.66. The van der Waals surface area contributed by atoms with Crippen molar-refractivity contribution in [2.75, 3.05) is 5.32 Å².